The van der Waals surface area contributed by atoms with Gasteiger partial charge in [-0.05, 0) is 25.7 Å². The molecule has 0 aliphatic heterocycles. The first-order chi connectivity index (χ1) is 12.6. The van der Waals surface area contributed by atoms with E-state index in [1.807, 2.05) is 0 Å². The van der Waals surface area contributed by atoms with Crippen LogP contribution >= 0.6 is 0 Å². The lowest BCUT2D eigenvalue weighted by Crippen LogP contribution is -2.77. The molecule has 2 N–H and O–H groups in total. The maximum Gasteiger partial charge on any atom is 0.456 e. The molecule has 0 aliphatic rings. The van der Waals surface area contributed by atoms with E-state index in [2.05, 4.69) is 0 Å². The highest BCUT2D eigenvalue weighted by molar-refractivity contribution is 5.18. The van der Waals surface area contributed by atoms with Gasteiger partial charge in [0.05, 0.1) is 0 Å². The molecule has 182 valence electrons. The van der Waals surface area contributed by atoms with Crippen molar-refractivity contribution in [1.82, 2.24) is 0 Å². The molecule has 2 nitrogen and oxygen atoms in total. The van der Waals surface area contributed by atoms with Gasteiger partial charge in [-0.1, -0.05) is 6.92 Å². The fourth-order valence-corrected chi connectivity index (χ4v) is 2.72. The summed E-state index contributed by atoms with van der Waals surface area (Å²) >= 11 is 0. The third-order valence-electron chi connectivity index (χ3n) is 4.23. The number of aliphatic hydroxyl groups is 2. The van der Waals surface area contributed by atoms with Crippen LogP contribution in [0.3, 0.4) is 0 Å². The summed E-state index contributed by atoms with van der Waals surface area (Å²) in [5.74, 6) is -10.2. The van der Waals surface area contributed by atoms with Crippen LogP contribution in [0.25, 0.3) is 0 Å². The molecule has 0 aliphatic carbocycles. The minimum Gasteiger partial charge on any atom is -0.381 e. The Kier molecular flexibility index (Phi) is 7.20. The van der Waals surface area contributed by atoms with Crippen LogP contribution in [-0.2, 0) is 0 Å². The van der Waals surface area contributed by atoms with Gasteiger partial charge < -0.3 is 10.2 Å². The summed E-state index contributed by atoms with van der Waals surface area (Å²) < 4.78 is 194. The third kappa shape index (κ3) is 4.55. The Morgan fingerprint density at radius 1 is 0.567 bits per heavy atom. The molecule has 30 heavy (non-hydrogen) atoms. The fourth-order valence-electron chi connectivity index (χ4n) is 2.72. The smallest absolute Gasteiger partial charge is 0.381 e. The minimum atomic E-state index is -7.62. The third-order valence-corrected chi connectivity index (χ3v) is 4.23. The highest BCUT2D eigenvalue weighted by atomic mass is 19.4. The van der Waals surface area contributed by atoms with Crippen molar-refractivity contribution >= 4 is 0 Å². The summed E-state index contributed by atoms with van der Waals surface area (Å²) in [6, 6.07) is 0. The zero-order valence-corrected chi connectivity index (χ0v) is 14.6. The average Bonchev–Trinajstić information content (AvgIpc) is 2.39. The van der Waals surface area contributed by atoms with Gasteiger partial charge in [0.1, 0.15) is 0 Å². The molecule has 0 radical (unpaired) electrons. The highest BCUT2D eigenvalue weighted by Crippen LogP contribution is 2.61. The predicted molar refractivity (Wildman–Crippen MR) is 67.0 cm³/mol. The molecule has 0 amide bonds. The summed E-state index contributed by atoms with van der Waals surface area (Å²) in [6.07, 6.45) is -33.4. The van der Waals surface area contributed by atoms with Crippen molar-refractivity contribution in [3.05, 3.63) is 0 Å². The van der Waals surface area contributed by atoms with Crippen LogP contribution < -0.4 is 0 Å². The quantitative estimate of drug-likeness (QED) is 0.489. The molecule has 0 aromatic rings. The van der Waals surface area contributed by atoms with E-state index in [0.717, 1.165) is 0 Å². The molecule has 0 spiro atoms. The summed E-state index contributed by atoms with van der Waals surface area (Å²) in [7, 11) is 0. The Morgan fingerprint density at radius 2 is 0.900 bits per heavy atom. The molecular formula is C13H13F15O2. The van der Waals surface area contributed by atoms with Crippen molar-refractivity contribution in [3.8, 4) is 0 Å². The first kappa shape index (κ1) is 28.9. The Labute approximate surface area is 157 Å². The maximum absolute atomic E-state index is 14.1. The molecule has 0 fully saturated rings. The van der Waals surface area contributed by atoms with Gasteiger partial charge in [0.25, 0.3) is 0 Å². The van der Waals surface area contributed by atoms with Gasteiger partial charge in [-0.3, -0.25) is 0 Å². The number of hydrogen-bond donors (Lipinski definition) is 2. The van der Waals surface area contributed by atoms with Crippen LogP contribution in [0.1, 0.15) is 26.7 Å². The molecule has 0 aromatic heterocycles. The lowest BCUT2D eigenvalue weighted by atomic mass is 9.71. The van der Waals surface area contributed by atoms with E-state index >= 15 is 0 Å². The van der Waals surface area contributed by atoms with Crippen molar-refractivity contribution in [2.24, 2.45) is 5.92 Å². The van der Waals surface area contributed by atoms with E-state index in [1.165, 1.54) is 0 Å². The highest BCUT2D eigenvalue weighted by Gasteiger charge is 2.90. The normalized spacial score (nSPS) is 20.5. The molecule has 0 rings (SSSR count). The van der Waals surface area contributed by atoms with Gasteiger partial charge in [0.15, 0.2) is 11.2 Å². The molecule has 17 heteroatoms. The molecule has 0 saturated carbocycles. The van der Waals surface area contributed by atoms with Crippen LogP contribution in [0.4, 0.5) is 65.9 Å². The maximum atomic E-state index is 14.1. The Balaban J connectivity index is 6.80. The lowest BCUT2D eigenvalue weighted by molar-refractivity contribution is -0.445. The minimum absolute atomic E-state index is 0.102. The van der Waals surface area contributed by atoms with Gasteiger partial charge in [-0.15, -0.1) is 0 Å². The van der Waals surface area contributed by atoms with Crippen LogP contribution in [0, 0.1) is 5.92 Å². The summed E-state index contributed by atoms with van der Waals surface area (Å²) in [6.45, 7) is -0.0223. The van der Waals surface area contributed by atoms with Crippen molar-refractivity contribution in [3.63, 3.8) is 0 Å². The zero-order chi connectivity index (χ0) is 25.0. The van der Waals surface area contributed by atoms with Crippen LogP contribution in [-0.4, -0.2) is 57.7 Å². The predicted octanol–water partition coefficient (Wildman–Crippen LogP) is 5.48. The second-order valence-corrected chi connectivity index (χ2v) is 6.87. The molecule has 0 aromatic carbocycles. The fraction of sp³-hybridized carbons (Fsp3) is 1.00. The number of hydrogen-bond acceptors (Lipinski definition) is 2. The Bertz CT molecular complexity index is 584. The molecule has 0 bridgehead atoms. The van der Waals surface area contributed by atoms with E-state index in [1.54, 1.807) is 0 Å². The standard InChI is InChI=1S/C13H13F15O2/c1-5(3-6(2,29)10(17,18)19)4-7(30,9(15,16)13(26,27)28)8(14,11(20,21)22)12(23,24)25/h5,29-30H,3-4H2,1-2H3. The molecular weight excluding hydrogens is 473 g/mol. The Hall–Kier alpha value is -1.13. The SMILES string of the molecule is CC(CC(C)(O)C(F)(F)F)CC(O)(C(F)(F)C(F)(F)F)C(F)(C(F)(F)F)C(F)(F)F. The first-order valence-corrected chi connectivity index (χ1v) is 7.38. The van der Waals surface area contributed by atoms with Crippen molar-refractivity contribution in [2.45, 2.75) is 74.2 Å². The van der Waals surface area contributed by atoms with Gasteiger partial charge in [-0.2, -0.15) is 61.5 Å². The molecule has 0 saturated heterocycles. The monoisotopic (exact) mass is 486 g/mol. The van der Waals surface area contributed by atoms with E-state index in [4.69, 9.17) is 5.11 Å². The summed E-state index contributed by atoms with van der Waals surface area (Å²) in [5, 5.41) is 18.5. The van der Waals surface area contributed by atoms with E-state index < -0.39 is 66.3 Å². The van der Waals surface area contributed by atoms with Crippen molar-refractivity contribution in [2.75, 3.05) is 0 Å². The van der Waals surface area contributed by atoms with Gasteiger partial charge in [0.2, 0.25) is 0 Å². The van der Waals surface area contributed by atoms with Gasteiger partial charge in [0, 0.05) is 0 Å². The second kappa shape index (κ2) is 7.48. The second-order valence-electron chi connectivity index (χ2n) is 6.87. The topological polar surface area (TPSA) is 40.5 Å². The van der Waals surface area contributed by atoms with Crippen LogP contribution in [0.15, 0.2) is 0 Å². The largest absolute Gasteiger partial charge is 0.456 e. The first-order valence-electron chi connectivity index (χ1n) is 7.38. The van der Waals surface area contributed by atoms with E-state index in [0.29, 0.717) is 0 Å². The molecule has 3 atom stereocenters. The number of alkyl halides is 15. The molecule has 0 heterocycles. The summed E-state index contributed by atoms with van der Waals surface area (Å²) in [5.41, 5.74) is -18.3. The van der Waals surface area contributed by atoms with E-state index in [9.17, 15) is 71.0 Å². The van der Waals surface area contributed by atoms with Crippen molar-refractivity contribution in [1.29, 1.82) is 0 Å². The molecule has 3 unspecified atom stereocenters. The summed E-state index contributed by atoms with van der Waals surface area (Å²) in [4.78, 5) is 0. The Morgan fingerprint density at radius 3 is 1.13 bits per heavy atom. The van der Waals surface area contributed by atoms with Crippen LogP contribution in [0.2, 0.25) is 0 Å². The average molecular weight is 486 g/mol. The number of rotatable bonds is 6. The number of halogens is 15. The van der Waals surface area contributed by atoms with E-state index in [-0.39, 0.29) is 13.8 Å². The van der Waals surface area contributed by atoms with Crippen molar-refractivity contribution < 1.29 is 76.1 Å². The lowest BCUT2D eigenvalue weighted by Gasteiger charge is -2.48. The zero-order valence-electron chi connectivity index (χ0n) is 14.6. The van der Waals surface area contributed by atoms with Gasteiger partial charge in [-0.25, -0.2) is 4.39 Å². The van der Waals surface area contributed by atoms with Crippen LogP contribution in [0.5, 0.6) is 0 Å². The van der Waals surface area contributed by atoms with Gasteiger partial charge >= 0.3 is 36.3 Å².